The molecule has 2 amide bonds. The Labute approximate surface area is 208 Å². The lowest BCUT2D eigenvalue weighted by Crippen LogP contribution is -2.72. The topological polar surface area (TPSA) is 190 Å². The summed E-state index contributed by atoms with van der Waals surface area (Å²) in [6.07, 6.45) is -1.34. The van der Waals surface area contributed by atoms with Gasteiger partial charge in [-0.1, -0.05) is 5.16 Å². The van der Waals surface area contributed by atoms with Crippen molar-refractivity contribution in [3.05, 3.63) is 22.3 Å². The van der Waals surface area contributed by atoms with Gasteiger partial charge in [-0.3, -0.25) is 14.5 Å². The van der Waals surface area contributed by atoms with Crippen LogP contribution in [0.15, 0.2) is 21.8 Å². The largest absolute Gasteiger partial charge is 0.543 e. The molecule has 4 heterocycles. The van der Waals surface area contributed by atoms with Crippen molar-refractivity contribution < 1.29 is 39.0 Å². The standard InChI is InChI=1S/C20H26N6O7S2/c1-26(4-3-11(27)12(28)6-26)5-9-7-34-18-14(17(30)25(18)15(9)19(31)32)23-16(29)13(24-33-2)10-8-35-20(21)22-10/h8,11-12,14,18,27-28H,3-7H2,1-2H3,(H3-,21,22,23,29,31,32)/b24-13-/t11?,12-,14?,18-,26-/m0/s1. The van der Waals surface area contributed by atoms with E-state index in [-0.39, 0.29) is 35.3 Å². The van der Waals surface area contributed by atoms with Gasteiger partial charge in [-0.25, -0.2) is 4.98 Å². The molecular formula is C20H26N6O7S2. The summed E-state index contributed by atoms with van der Waals surface area (Å²) in [5.74, 6) is -2.47. The van der Waals surface area contributed by atoms with Gasteiger partial charge in [0.2, 0.25) is 0 Å². The number of aromatic nitrogens is 1. The molecule has 4 rings (SSSR count). The number of aliphatic carboxylic acids is 1. The maximum Gasteiger partial charge on any atom is 0.276 e. The summed E-state index contributed by atoms with van der Waals surface area (Å²) < 4.78 is 0.325. The van der Waals surface area contributed by atoms with Crippen LogP contribution in [0.2, 0.25) is 0 Å². The summed E-state index contributed by atoms with van der Waals surface area (Å²) in [5, 5.41) is 39.4. The number of hydrogen-bond acceptors (Lipinski definition) is 12. The molecule has 5 atom stereocenters. The smallest absolute Gasteiger partial charge is 0.276 e. The molecule has 2 unspecified atom stereocenters. The minimum Gasteiger partial charge on any atom is -0.543 e. The first-order chi connectivity index (χ1) is 16.5. The number of fused-ring (bicyclic) bond motifs is 1. The third kappa shape index (κ3) is 4.86. The minimum absolute atomic E-state index is 0.160. The molecule has 35 heavy (non-hydrogen) atoms. The number of amides is 2. The Bertz CT molecular complexity index is 1110. The Balaban J connectivity index is 1.51. The number of nitrogens with one attached hydrogen (secondary N) is 1. The second-order valence-electron chi connectivity index (χ2n) is 8.90. The highest BCUT2D eigenvalue weighted by atomic mass is 32.2. The number of β-lactam (4-membered cyclic amide) rings is 1. The molecular weight excluding hydrogens is 500 g/mol. The van der Waals surface area contributed by atoms with Crippen LogP contribution in [-0.4, -0.2) is 111 Å². The number of oxime groups is 1. The maximum absolute atomic E-state index is 13.0. The van der Waals surface area contributed by atoms with Gasteiger partial charge in [0.25, 0.3) is 11.8 Å². The number of thioether (sulfide) groups is 1. The first-order valence-corrected chi connectivity index (χ1v) is 12.7. The third-order valence-electron chi connectivity index (χ3n) is 6.30. The van der Waals surface area contributed by atoms with Crippen LogP contribution < -0.4 is 16.2 Å². The number of carboxylic acid groups (broad SMARTS) is 1. The van der Waals surface area contributed by atoms with Crippen LogP contribution in [-0.2, 0) is 19.2 Å². The molecule has 2 saturated heterocycles. The fraction of sp³-hybridized carbons (Fsp3) is 0.550. The SMILES string of the molecule is CO/N=C(\C(=O)NC1C(=O)N2C(C(=O)[O-])=C(C[N@+]3(C)CCC(O)[C@@H](O)C3)CS[C@@H]12)c1csc(N)n1. The number of piperidine rings is 1. The van der Waals surface area contributed by atoms with Crippen LogP contribution in [0.3, 0.4) is 0 Å². The second-order valence-corrected chi connectivity index (χ2v) is 10.9. The number of quaternary nitrogens is 1. The molecule has 0 aromatic carbocycles. The van der Waals surface area contributed by atoms with Gasteiger partial charge in [-0.2, -0.15) is 0 Å². The van der Waals surface area contributed by atoms with Gasteiger partial charge in [0.1, 0.15) is 43.4 Å². The number of rotatable bonds is 7. The van der Waals surface area contributed by atoms with Gasteiger partial charge in [0, 0.05) is 23.1 Å². The van der Waals surface area contributed by atoms with Crippen molar-refractivity contribution in [2.24, 2.45) is 5.16 Å². The molecule has 2 fully saturated rings. The molecule has 0 spiro atoms. The summed E-state index contributed by atoms with van der Waals surface area (Å²) in [7, 11) is 3.13. The van der Waals surface area contributed by atoms with Crippen LogP contribution in [0.1, 0.15) is 12.1 Å². The number of carboxylic acids is 1. The molecule has 0 bridgehead atoms. The molecule has 190 valence electrons. The van der Waals surface area contributed by atoms with E-state index in [9.17, 15) is 29.7 Å². The predicted molar refractivity (Wildman–Crippen MR) is 125 cm³/mol. The fourth-order valence-electron chi connectivity index (χ4n) is 4.60. The molecule has 13 nitrogen and oxygen atoms in total. The Morgan fingerprint density at radius 2 is 2.17 bits per heavy atom. The summed E-state index contributed by atoms with van der Waals surface area (Å²) in [4.78, 5) is 47.8. The number of hydrogen-bond donors (Lipinski definition) is 4. The Hall–Kier alpha value is -2.72. The van der Waals surface area contributed by atoms with Gasteiger partial charge < -0.3 is 40.5 Å². The Morgan fingerprint density at radius 3 is 2.77 bits per heavy atom. The van der Waals surface area contributed by atoms with Crippen molar-refractivity contribution in [1.29, 1.82) is 0 Å². The van der Waals surface area contributed by atoms with Gasteiger partial charge in [0.05, 0.1) is 31.4 Å². The van der Waals surface area contributed by atoms with Crippen molar-refractivity contribution in [1.82, 2.24) is 15.2 Å². The molecule has 0 aliphatic carbocycles. The summed E-state index contributed by atoms with van der Waals surface area (Å²) in [5.41, 5.74) is 5.96. The molecule has 3 aliphatic heterocycles. The van der Waals surface area contributed by atoms with E-state index in [2.05, 4.69) is 15.5 Å². The van der Waals surface area contributed by atoms with Gasteiger partial charge in [-0.15, -0.1) is 23.1 Å². The molecule has 5 N–H and O–H groups in total. The number of likely N-dealkylation sites (tertiary alicyclic amines) is 1. The quantitative estimate of drug-likeness (QED) is 0.124. The van der Waals surface area contributed by atoms with E-state index in [0.717, 1.165) is 16.2 Å². The number of carbonyl (C=O) groups is 3. The number of aliphatic hydroxyl groups is 2. The van der Waals surface area contributed by atoms with Crippen LogP contribution in [0.4, 0.5) is 5.13 Å². The summed E-state index contributed by atoms with van der Waals surface area (Å²) in [6.45, 7) is 1.09. The van der Waals surface area contributed by atoms with E-state index in [1.54, 1.807) is 0 Å². The molecule has 1 aromatic heterocycles. The monoisotopic (exact) mass is 526 g/mol. The first kappa shape index (κ1) is 25.4. The number of nitrogens with two attached hydrogens (primary N) is 1. The lowest BCUT2D eigenvalue weighted by atomic mass is 9.99. The number of thiazole rings is 1. The van der Waals surface area contributed by atoms with Gasteiger partial charge in [0.15, 0.2) is 10.8 Å². The van der Waals surface area contributed by atoms with Crippen molar-refractivity contribution in [3.8, 4) is 0 Å². The van der Waals surface area contributed by atoms with Crippen LogP contribution in [0.25, 0.3) is 0 Å². The number of likely N-dealkylation sites (N-methyl/N-ethyl adjacent to an activating group) is 1. The maximum atomic E-state index is 13.0. The van der Waals surface area contributed by atoms with Crippen LogP contribution in [0.5, 0.6) is 0 Å². The predicted octanol–water partition coefficient (Wildman–Crippen LogP) is -2.95. The number of carbonyl (C=O) groups excluding carboxylic acids is 3. The fourth-order valence-corrected chi connectivity index (χ4v) is 6.48. The van der Waals surface area contributed by atoms with Gasteiger partial charge in [-0.05, 0) is 0 Å². The van der Waals surface area contributed by atoms with E-state index in [0.29, 0.717) is 28.8 Å². The number of nitrogen functional groups attached to an aromatic ring is 1. The molecule has 0 saturated carbocycles. The minimum atomic E-state index is -1.48. The van der Waals surface area contributed by atoms with Crippen molar-refractivity contribution >= 4 is 51.7 Å². The average Bonchev–Trinajstić information content (AvgIpc) is 3.23. The normalized spacial score (nSPS) is 31.0. The number of nitrogens with zero attached hydrogens (tertiary/aromatic N) is 4. The first-order valence-electron chi connectivity index (χ1n) is 10.8. The lowest BCUT2D eigenvalue weighted by molar-refractivity contribution is -0.914. The zero-order chi connectivity index (χ0) is 25.5. The van der Waals surface area contributed by atoms with Crippen LogP contribution >= 0.6 is 23.1 Å². The molecule has 3 aliphatic rings. The lowest BCUT2D eigenvalue weighted by Gasteiger charge is -2.51. The zero-order valence-electron chi connectivity index (χ0n) is 19.0. The highest BCUT2D eigenvalue weighted by Gasteiger charge is 2.54. The second kappa shape index (κ2) is 9.73. The van der Waals surface area contributed by atoms with E-state index in [1.807, 2.05) is 7.05 Å². The van der Waals surface area contributed by atoms with E-state index in [1.165, 1.54) is 24.3 Å². The Morgan fingerprint density at radius 1 is 1.43 bits per heavy atom. The van der Waals surface area contributed by atoms with Crippen molar-refractivity contribution in [2.75, 3.05) is 45.3 Å². The zero-order valence-corrected chi connectivity index (χ0v) is 20.7. The van der Waals surface area contributed by atoms with Crippen molar-refractivity contribution in [3.63, 3.8) is 0 Å². The van der Waals surface area contributed by atoms with E-state index < -0.39 is 41.4 Å². The average molecular weight is 527 g/mol. The van der Waals surface area contributed by atoms with E-state index in [4.69, 9.17) is 10.6 Å². The molecule has 15 heteroatoms. The number of anilines is 1. The highest BCUT2D eigenvalue weighted by molar-refractivity contribution is 8.00. The van der Waals surface area contributed by atoms with Crippen LogP contribution in [0, 0.1) is 0 Å². The van der Waals surface area contributed by atoms with E-state index >= 15 is 0 Å². The number of aliphatic hydroxyl groups excluding tert-OH is 2. The summed E-state index contributed by atoms with van der Waals surface area (Å²) in [6, 6.07) is -0.974. The van der Waals surface area contributed by atoms with Gasteiger partial charge >= 0.3 is 0 Å². The molecule has 0 radical (unpaired) electrons. The molecule has 1 aromatic rings. The Kier molecular flexibility index (Phi) is 7.06. The summed E-state index contributed by atoms with van der Waals surface area (Å²) >= 11 is 2.44. The third-order valence-corrected chi connectivity index (χ3v) is 8.31. The van der Waals surface area contributed by atoms with Crippen molar-refractivity contribution in [2.45, 2.75) is 30.0 Å². The highest BCUT2D eigenvalue weighted by Crippen LogP contribution is 2.41.